The molecule has 0 unspecified atom stereocenters. The number of quaternary nitrogens is 1. The molecule has 0 saturated heterocycles. The Kier molecular flexibility index (Phi) is 6.51. The number of hydrogen-bond donors (Lipinski definition) is 2. The standard InChI is InChI=1S/C17H18N2O.CNS/c18-9-8-14-11-19-17-7-6-15(10-16(14)17)20-12-13-4-2-1-3-5-13;2-1-3/h1-7,10-11,19H,8-9,12,18H2;/q;-1/p+1. The molecule has 3 aromatic rings. The molecule has 0 amide bonds. The van der Waals surface area contributed by atoms with Crippen LogP contribution in [-0.2, 0) is 13.0 Å². The number of ether oxygens (including phenoxy) is 1. The Morgan fingerprint density at radius 1 is 1.17 bits per heavy atom. The number of rotatable bonds is 5. The lowest BCUT2D eigenvalue weighted by Gasteiger charge is -2.06. The van der Waals surface area contributed by atoms with Gasteiger partial charge in [0.1, 0.15) is 12.4 Å². The molecule has 0 aliphatic rings. The first-order valence-electron chi connectivity index (χ1n) is 7.35. The van der Waals surface area contributed by atoms with Gasteiger partial charge in [-0.2, -0.15) is 5.16 Å². The third kappa shape index (κ3) is 4.76. The highest BCUT2D eigenvalue weighted by Crippen LogP contribution is 2.24. The molecule has 0 aliphatic carbocycles. The van der Waals surface area contributed by atoms with Gasteiger partial charge in [0, 0.05) is 23.5 Å². The maximum atomic E-state index is 7.13. The minimum absolute atomic E-state index is 0.599. The molecule has 0 atom stereocenters. The second-order valence-corrected chi connectivity index (χ2v) is 5.17. The molecule has 118 valence electrons. The summed E-state index contributed by atoms with van der Waals surface area (Å²) in [6.45, 7) is 1.50. The van der Waals surface area contributed by atoms with Gasteiger partial charge in [0.05, 0.1) is 6.54 Å². The Morgan fingerprint density at radius 2 is 1.91 bits per heavy atom. The molecule has 0 radical (unpaired) electrons. The van der Waals surface area contributed by atoms with Crippen molar-refractivity contribution in [3.63, 3.8) is 0 Å². The number of aromatic nitrogens is 1. The number of hydrogen-bond acceptors (Lipinski definition) is 2. The summed E-state index contributed by atoms with van der Waals surface area (Å²) < 4.78 is 5.87. The fourth-order valence-corrected chi connectivity index (χ4v) is 2.39. The van der Waals surface area contributed by atoms with Crippen molar-refractivity contribution in [3.8, 4) is 5.75 Å². The van der Waals surface area contributed by atoms with E-state index in [4.69, 9.17) is 10.1 Å². The van der Waals surface area contributed by atoms with Crippen LogP contribution < -0.4 is 10.5 Å². The quantitative estimate of drug-likeness (QED) is 0.558. The van der Waals surface area contributed by atoms with Gasteiger partial charge in [-0.25, -0.2) is 0 Å². The average Bonchev–Trinajstić information content (AvgIpc) is 2.98. The summed E-state index contributed by atoms with van der Waals surface area (Å²) in [5.74, 6) is 0.909. The second kappa shape index (κ2) is 8.86. The van der Waals surface area contributed by atoms with E-state index in [1.165, 1.54) is 21.7 Å². The van der Waals surface area contributed by atoms with Gasteiger partial charge in [0.15, 0.2) is 0 Å². The molecule has 2 aromatic carbocycles. The zero-order valence-electron chi connectivity index (χ0n) is 12.8. The van der Waals surface area contributed by atoms with Crippen LogP contribution in [0.15, 0.2) is 54.7 Å². The number of nitrogens with one attached hydrogen (secondary N) is 1. The largest absolute Gasteiger partial charge is 0.753 e. The van der Waals surface area contributed by atoms with Gasteiger partial charge in [-0.05, 0) is 29.3 Å². The van der Waals surface area contributed by atoms with Crippen molar-refractivity contribution in [1.29, 1.82) is 0 Å². The lowest BCUT2D eigenvalue weighted by molar-refractivity contribution is -0.366. The molecule has 0 bridgehead atoms. The van der Waals surface area contributed by atoms with Crippen molar-refractivity contribution < 1.29 is 10.5 Å². The molecule has 1 heterocycles. The molecular formula is C18H19N3OS. The maximum Gasteiger partial charge on any atom is 0.120 e. The Hall–Kier alpha value is -2.46. The number of fused-ring (bicyclic) bond motifs is 1. The van der Waals surface area contributed by atoms with Crippen LogP contribution >= 0.6 is 12.2 Å². The van der Waals surface area contributed by atoms with E-state index in [0.29, 0.717) is 6.61 Å². The van der Waals surface area contributed by atoms with Crippen LogP contribution in [0.25, 0.3) is 16.3 Å². The van der Waals surface area contributed by atoms with E-state index in [1.807, 2.05) is 24.3 Å². The van der Waals surface area contributed by atoms with Crippen LogP contribution in [0.2, 0.25) is 0 Å². The Bertz CT molecular complexity index is 777. The predicted molar refractivity (Wildman–Crippen MR) is 96.5 cm³/mol. The van der Waals surface area contributed by atoms with E-state index in [2.05, 4.69) is 53.4 Å². The number of aromatic amines is 1. The van der Waals surface area contributed by atoms with Crippen molar-refractivity contribution in [1.82, 2.24) is 4.98 Å². The molecule has 0 aliphatic heterocycles. The van der Waals surface area contributed by atoms with Crippen LogP contribution in [0, 0.1) is 0 Å². The maximum absolute atomic E-state index is 7.13. The Balaban J connectivity index is 0.000000595. The molecule has 1 aromatic heterocycles. The monoisotopic (exact) mass is 325 g/mol. The number of isothiocyanates is 1. The lowest BCUT2D eigenvalue weighted by Crippen LogP contribution is -2.51. The molecule has 0 saturated carbocycles. The summed E-state index contributed by atoms with van der Waals surface area (Å²) in [5, 5.41) is 9.70. The van der Waals surface area contributed by atoms with E-state index in [1.54, 1.807) is 0 Å². The first kappa shape index (κ1) is 16.9. The van der Waals surface area contributed by atoms with Crippen molar-refractivity contribution >= 4 is 28.3 Å². The van der Waals surface area contributed by atoms with Gasteiger partial charge in [-0.15, -0.1) is 0 Å². The summed E-state index contributed by atoms with van der Waals surface area (Å²) in [4.78, 5) is 3.29. The Morgan fingerprint density at radius 3 is 2.61 bits per heavy atom. The van der Waals surface area contributed by atoms with Crippen molar-refractivity contribution in [2.24, 2.45) is 0 Å². The van der Waals surface area contributed by atoms with Gasteiger partial charge < -0.3 is 20.9 Å². The summed E-state index contributed by atoms with van der Waals surface area (Å²) in [7, 11) is 0. The minimum atomic E-state index is 0.599. The summed E-state index contributed by atoms with van der Waals surface area (Å²) in [6.07, 6.45) is 3.05. The first-order chi connectivity index (χ1) is 11.3. The van der Waals surface area contributed by atoms with Gasteiger partial charge in [0.25, 0.3) is 0 Å². The van der Waals surface area contributed by atoms with Crippen LogP contribution in [-0.4, -0.2) is 16.7 Å². The molecule has 0 fully saturated rings. The molecule has 23 heavy (non-hydrogen) atoms. The van der Waals surface area contributed by atoms with Gasteiger partial charge >= 0.3 is 0 Å². The third-order valence-corrected chi connectivity index (χ3v) is 3.43. The van der Waals surface area contributed by atoms with Gasteiger partial charge in [0.2, 0.25) is 0 Å². The van der Waals surface area contributed by atoms with Crippen LogP contribution in [0.4, 0.5) is 0 Å². The third-order valence-electron chi connectivity index (χ3n) is 3.43. The highest BCUT2D eigenvalue weighted by molar-refractivity contribution is 7.78. The molecule has 4 N–H and O–H groups in total. The molecule has 4 nitrogen and oxygen atoms in total. The van der Waals surface area contributed by atoms with Crippen LogP contribution in [0.1, 0.15) is 11.1 Å². The number of nitrogens with zero attached hydrogens (tertiary/aromatic N) is 1. The molecular weight excluding hydrogens is 306 g/mol. The fraction of sp³-hybridized carbons (Fsp3) is 0.167. The number of benzene rings is 2. The zero-order chi connectivity index (χ0) is 16.5. The first-order valence-corrected chi connectivity index (χ1v) is 7.76. The van der Waals surface area contributed by atoms with E-state index >= 15 is 0 Å². The van der Waals surface area contributed by atoms with Crippen molar-refractivity contribution in [2.45, 2.75) is 13.0 Å². The SMILES string of the molecule is [N-]=C=S.[NH3+]CCc1c[nH]c2ccc(OCc3ccccc3)cc12. The summed E-state index contributed by atoms with van der Waals surface area (Å²) in [5.41, 5.74) is 7.56. The normalized spacial score (nSPS) is 9.78. The fourth-order valence-electron chi connectivity index (χ4n) is 2.39. The average molecular weight is 325 g/mol. The lowest BCUT2D eigenvalue weighted by atomic mass is 10.1. The second-order valence-electron chi connectivity index (χ2n) is 4.99. The summed E-state index contributed by atoms with van der Waals surface area (Å²) in [6, 6.07) is 16.4. The highest BCUT2D eigenvalue weighted by atomic mass is 32.1. The number of H-pyrrole nitrogens is 1. The Labute approximate surface area is 140 Å². The predicted octanol–water partition coefficient (Wildman–Crippen LogP) is 3.19. The molecule has 5 heteroatoms. The van der Waals surface area contributed by atoms with Gasteiger partial charge in [-0.1, -0.05) is 42.5 Å². The zero-order valence-corrected chi connectivity index (χ0v) is 13.6. The van der Waals surface area contributed by atoms with Crippen molar-refractivity contribution in [3.05, 3.63) is 71.3 Å². The number of thiocarbonyl (C=S) groups is 1. The minimum Gasteiger partial charge on any atom is -0.753 e. The smallest absolute Gasteiger partial charge is 0.120 e. The van der Waals surface area contributed by atoms with Gasteiger partial charge in [-0.3, -0.25) is 0 Å². The van der Waals surface area contributed by atoms with E-state index in [9.17, 15) is 0 Å². The van der Waals surface area contributed by atoms with E-state index < -0.39 is 0 Å². The van der Waals surface area contributed by atoms with Crippen LogP contribution in [0.5, 0.6) is 5.75 Å². The highest BCUT2D eigenvalue weighted by Gasteiger charge is 2.05. The van der Waals surface area contributed by atoms with E-state index in [-0.39, 0.29) is 0 Å². The van der Waals surface area contributed by atoms with E-state index in [0.717, 1.165) is 24.2 Å². The van der Waals surface area contributed by atoms with Crippen LogP contribution in [0.3, 0.4) is 0 Å². The van der Waals surface area contributed by atoms with Crippen molar-refractivity contribution in [2.75, 3.05) is 6.54 Å². The topological polar surface area (TPSA) is 75.0 Å². The summed E-state index contributed by atoms with van der Waals surface area (Å²) >= 11 is 3.70. The molecule has 3 rings (SSSR count). The molecule has 0 spiro atoms.